The zero-order valence-electron chi connectivity index (χ0n) is 20.9. The second-order valence-corrected chi connectivity index (χ2v) is 11.9. The van der Waals surface area contributed by atoms with Gasteiger partial charge in [0.2, 0.25) is 0 Å². The first-order valence-corrected chi connectivity index (χ1v) is 13.1. The molecule has 1 aromatic carbocycles. The van der Waals surface area contributed by atoms with Crippen LogP contribution < -0.4 is 11.1 Å². The zero-order valence-corrected chi connectivity index (χ0v) is 20.9. The molecule has 4 aliphatic rings. The summed E-state index contributed by atoms with van der Waals surface area (Å²) >= 11 is 0. The minimum atomic E-state index is 0.228. The Morgan fingerprint density at radius 2 is 1.88 bits per heavy atom. The molecule has 0 aromatic heterocycles. The first-order valence-electron chi connectivity index (χ1n) is 13.1. The summed E-state index contributed by atoms with van der Waals surface area (Å²) in [6.45, 7) is 8.88. The molecule has 33 heavy (non-hydrogen) atoms. The molecule has 4 nitrogen and oxygen atoms in total. The van der Waals surface area contributed by atoms with Gasteiger partial charge in [-0.1, -0.05) is 43.7 Å². The van der Waals surface area contributed by atoms with Gasteiger partial charge >= 0.3 is 0 Å². The number of anilines is 1. The lowest BCUT2D eigenvalue weighted by Gasteiger charge is -2.58. The number of hydrogen-bond acceptors (Lipinski definition) is 2. The molecule has 3 fully saturated rings. The lowest BCUT2D eigenvalue weighted by Crippen LogP contribution is -2.50. The molecule has 0 amide bonds. The number of aryl methyl sites for hydroxylation is 1. The second kappa shape index (κ2) is 8.29. The van der Waals surface area contributed by atoms with Crippen LogP contribution in [-0.2, 0) is 4.79 Å². The van der Waals surface area contributed by atoms with Crippen LogP contribution in [0, 0.1) is 41.4 Å². The highest BCUT2D eigenvalue weighted by Crippen LogP contribution is 2.66. The van der Waals surface area contributed by atoms with Crippen molar-refractivity contribution in [3.05, 3.63) is 41.5 Å². The predicted molar refractivity (Wildman–Crippen MR) is 136 cm³/mol. The van der Waals surface area contributed by atoms with E-state index in [0.29, 0.717) is 23.1 Å². The number of allylic oxidation sites excluding steroid dienone is 1. The number of nitrogens with one attached hydrogen (secondary N) is 1. The van der Waals surface area contributed by atoms with Crippen LogP contribution in [0.15, 0.2) is 40.9 Å². The number of Topliss-reactive ketones (excluding diaryl/α,β-unsaturated/α-hetero) is 1. The lowest BCUT2D eigenvalue weighted by molar-refractivity contribution is -0.127. The van der Waals surface area contributed by atoms with Gasteiger partial charge in [-0.2, -0.15) is 0 Å². The van der Waals surface area contributed by atoms with Gasteiger partial charge in [0, 0.05) is 11.6 Å². The molecule has 4 aliphatic carbocycles. The number of carbonyl (C=O) groups is 1. The van der Waals surface area contributed by atoms with E-state index in [4.69, 9.17) is 10.7 Å². The monoisotopic (exact) mass is 447 g/mol. The van der Waals surface area contributed by atoms with E-state index in [1.54, 1.807) is 5.57 Å². The number of ketones is 1. The first-order chi connectivity index (χ1) is 15.7. The van der Waals surface area contributed by atoms with E-state index in [1.165, 1.54) is 37.7 Å². The number of nitrogens with zero attached hydrogens (tertiary/aromatic N) is 1. The van der Waals surface area contributed by atoms with Gasteiger partial charge in [-0.05, 0) is 105 Å². The maximum atomic E-state index is 12.4. The van der Waals surface area contributed by atoms with E-state index in [0.717, 1.165) is 36.8 Å². The van der Waals surface area contributed by atoms with Crippen LogP contribution in [0.3, 0.4) is 0 Å². The number of benzene rings is 1. The van der Waals surface area contributed by atoms with Crippen molar-refractivity contribution in [2.45, 2.75) is 85.1 Å². The number of guanidine groups is 1. The summed E-state index contributed by atoms with van der Waals surface area (Å²) in [5.74, 6) is 3.46. The molecule has 5 rings (SSSR count). The molecule has 7 atom stereocenters. The minimum absolute atomic E-state index is 0.228. The van der Waals surface area contributed by atoms with E-state index in [1.807, 2.05) is 19.1 Å². The van der Waals surface area contributed by atoms with E-state index in [-0.39, 0.29) is 17.4 Å². The fourth-order valence-electron chi connectivity index (χ4n) is 8.50. The summed E-state index contributed by atoms with van der Waals surface area (Å²) < 4.78 is 0. The van der Waals surface area contributed by atoms with Gasteiger partial charge in [0.25, 0.3) is 0 Å². The Morgan fingerprint density at radius 1 is 1.09 bits per heavy atom. The van der Waals surface area contributed by atoms with Crippen molar-refractivity contribution in [2.75, 3.05) is 5.32 Å². The molecule has 0 saturated heterocycles. The molecule has 3 saturated carbocycles. The van der Waals surface area contributed by atoms with Gasteiger partial charge in [-0.15, -0.1) is 0 Å². The van der Waals surface area contributed by atoms with Gasteiger partial charge < -0.3 is 11.1 Å². The van der Waals surface area contributed by atoms with E-state index >= 15 is 0 Å². The van der Waals surface area contributed by atoms with Crippen LogP contribution >= 0.6 is 0 Å². The molecular formula is C29H41N3O. The van der Waals surface area contributed by atoms with E-state index < -0.39 is 0 Å². The molecule has 3 N–H and O–H groups in total. The first kappa shape index (κ1) is 22.7. The second-order valence-electron chi connectivity index (χ2n) is 11.9. The standard InChI is InChI=1S/C29H41N3O/c1-18-7-5-6-8-26(18)32-27(30)31-21-13-15-28(3)20(17-21)9-10-22-24-12-11-23(19(2)33)29(24,4)16-14-25(22)28/h5-9,21-25H,10-17H2,1-4H3,(H3,30,31,32)/t21?,22?,23-,24?,25?,28+,29-/m1/s1. The molecule has 0 radical (unpaired) electrons. The Hall–Kier alpha value is -2.10. The van der Waals surface area contributed by atoms with Gasteiger partial charge in [-0.25, -0.2) is 4.99 Å². The Morgan fingerprint density at radius 3 is 2.64 bits per heavy atom. The summed E-state index contributed by atoms with van der Waals surface area (Å²) in [5, 5.41) is 3.31. The number of rotatable bonds is 3. The summed E-state index contributed by atoms with van der Waals surface area (Å²) in [6.07, 6.45) is 12.0. The third kappa shape index (κ3) is 3.74. The average molecular weight is 448 g/mol. The maximum absolute atomic E-state index is 12.4. The van der Waals surface area contributed by atoms with Crippen molar-refractivity contribution in [3.63, 3.8) is 0 Å². The van der Waals surface area contributed by atoms with Crippen molar-refractivity contribution < 1.29 is 4.79 Å². The van der Waals surface area contributed by atoms with Crippen LogP contribution in [0.25, 0.3) is 0 Å². The molecule has 4 heteroatoms. The third-order valence-electron chi connectivity index (χ3n) is 10.3. The van der Waals surface area contributed by atoms with Crippen LogP contribution in [0.5, 0.6) is 0 Å². The predicted octanol–water partition coefficient (Wildman–Crippen LogP) is 6.26. The minimum Gasteiger partial charge on any atom is -0.370 e. The summed E-state index contributed by atoms with van der Waals surface area (Å²) in [4.78, 5) is 17.3. The number of nitrogens with two attached hydrogens (primary N) is 1. The fraction of sp³-hybridized carbons (Fsp3) is 0.655. The number of carbonyl (C=O) groups excluding carboxylic acids is 1. The van der Waals surface area contributed by atoms with Gasteiger partial charge in [0.15, 0.2) is 5.96 Å². The Bertz CT molecular complexity index is 996. The van der Waals surface area contributed by atoms with Gasteiger partial charge in [0.1, 0.15) is 5.78 Å². The van der Waals surface area contributed by atoms with Crippen molar-refractivity contribution in [1.82, 2.24) is 0 Å². The summed E-state index contributed by atoms with van der Waals surface area (Å²) in [7, 11) is 0. The largest absolute Gasteiger partial charge is 0.370 e. The van der Waals surface area contributed by atoms with Crippen molar-refractivity contribution >= 4 is 17.4 Å². The Balaban J connectivity index is 1.32. The fourth-order valence-corrected chi connectivity index (χ4v) is 8.50. The van der Waals surface area contributed by atoms with E-state index in [9.17, 15) is 4.79 Å². The topological polar surface area (TPSA) is 67.5 Å². The number of fused-ring (bicyclic) bond motifs is 5. The highest BCUT2D eigenvalue weighted by molar-refractivity contribution is 5.93. The highest BCUT2D eigenvalue weighted by atomic mass is 16.1. The van der Waals surface area contributed by atoms with Crippen molar-refractivity contribution in [2.24, 2.45) is 45.2 Å². The zero-order chi connectivity index (χ0) is 23.4. The molecule has 0 spiro atoms. The van der Waals surface area contributed by atoms with Crippen LogP contribution in [-0.4, -0.2) is 17.8 Å². The van der Waals surface area contributed by atoms with Crippen LogP contribution in [0.1, 0.15) is 77.7 Å². The number of hydrogen-bond donors (Lipinski definition) is 2. The molecular weight excluding hydrogens is 406 g/mol. The molecule has 0 heterocycles. The average Bonchev–Trinajstić information content (AvgIpc) is 3.13. The molecule has 0 bridgehead atoms. The highest BCUT2D eigenvalue weighted by Gasteiger charge is 2.59. The van der Waals surface area contributed by atoms with Crippen molar-refractivity contribution in [1.29, 1.82) is 0 Å². The molecule has 178 valence electrons. The molecule has 4 unspecified atom stereocenters. The number of aliphatic imine (C=N–C) groups is 1. The maximum Gasteiger partial charge on any atom is 0.193 e. The summed E-state index contributed by atoms with van der Waals surface area (Å²) in [6, 6.07) is 8.47. The molecule has 1 aromatic rings. The summed E-state index contributed by atoms with van der Waals surface area (Å²) in [5.41, 5.74) is 10.7. The normalized spacial score (nSPS) is 40.3. The lowest BCUT2D eigenvalue weighted by atomic mass is 9.47. The molecule has 0 aliphatic heterocycles. The van der Waals surface area contributed by atoms with E-state index in [2.05, 4.69) is 44.3 Å². The third-order valence-corrected chi connectivity index (χ3v) is 10.3. The smallest absolute Gasteiger partial charge is 0.193 e. The van der Waals surface area contributed by atoms with Crippen LogP contribution in [0.4, 0.5) is 5.69 Å². The van der Waals surface area contributed by atoms with Gasteiger partial charge in [0.05, 0.1) is 6.04 Å². The number of para-hydroxylation sites is 1. The Kier molecular flexibility index (Phi) is 5.69. The Labute approximate surface area is 199 Å². The van der Waals surface area contributed by atoms with Crippen LogP contribution in [0.2, 0.25) is 0 Å². The quantitative estimate of drug-likeness (QED) is 0.326. The van der Waals surface area contributed by atoms with Crippen molar-refractivity contribution in [3.8, 4) is 0 Å². The SMILES string of the molecule is CC(=O)[C@H]1CCC2C3CC=C4CC(N=C(N)Nc5ccccc5C)CC[C@]4(C)C3CC[C@@]21C. The van der Waals surface area contributed by atoms with Gasteiger partial charge in [-0.3, -0.25) is 4.79 Å².